The van der Waals surface area contributed by atoms with E-state index in [1.54, 1.807) is 6.20 Å². The van der Waals surface area contributed by atoms with E-state index in [9.17, 15) is 9.18 Å². The molecule has 2 heterocycles. The van der Waals surface area contributed by atoms with Crippen molar-refractivity contribution in [1.82, 2.24) is 10.3 Å². The summed E-state index contributed by atoms with van der Waals surface area (Å²) in [6, 6.07) is 7.57. The van der Waals surface area contributed by atoms with Crippen LogP contribution in [0.25, 0.3) is 0 Å². The molecule has 1 N–H and O–H groups in total. The number of amides is 1. The third-order valence-corrected chi connectivity index (χ3v) is 4.77. The molecule has 1 amide bonds. The number of piperidine rings is 1. The van der Waals surface area contributed by atoms with Gasteiger partial charge in [0.1, 0.15) is 11.6 Å². The van der Waals surface area contributed by atoms with Gasteiger partial charge in [0.2, 0.25) is 0 Å². The second-order valence-corrected chi connectivity index (χ2v) is 6.39. The fourth-order valence-electron chi connectivity index (χ4n) is 2.85. The van der Waals surface area contributed by atoms with Crippen LogP contribution in [0.4, 0.5) is 10.2 Å². The molecule has 0 spiro atoms. The summed E-state index contributed by atoms with van der Waals surface area (Å²) in [6.07, 6.45) is 3.40. The van der Waals surface area contributed by atoms with Crippen LogP contribution in [0.3, 0.4) is 0 Å². The number of nitrogens with zero attached hydrogens (tertiary/aromatic N) is 2. The van der Waals surface area contributed by atoms with Crippen molar-refractivity contribution in [2.75, 3.05) is 18.0 Å². The molecular formula is C18H19ClFN3O. The largest absolute Gasteiger partial charge is 0.355 e. The molecule has 24 heavy (non-hydrogen) atoms. The first-order valence-electron chi connectivity index (χ1n) is 7.97. The number of hydrogen-bond acceptors (Lipinski definition) is 3. The molecule has 1 aromatic carbocycles. The lowest BCUT2D eigenvalue weighted by Crippen LogP contribution is -2.45. The van der Waals surface area contributed by atoms with E-state index < -0.39 is 0 Å². The highest BCUT2D eigenvalue weighted by Gasteiger charge is 2.23. The number of carbonyl (C=O) groups excluding carboxylic acids is 1. The molecule has 0 radical (unpaired) electrons. The Morgan fingerprint density at radius 3 is 2.58 bits per heavy atom. The molecular weight excluding hydrogens is 329 g/mol. The van der Waals surface area contributed by atoms with Gasteiger partial charge in [0.25, 0.3) is 5.91 Å². The highest BCUT2D eigenvalue weighted by atomic mass is 35.5. The molecule has 1 fully saturated rings. The van der Waals surface area contributed by atoms with E-state index in [0.717, 1.165) is 37.3 Å². The maximum atomic E-state index is 12.9. The number of pyridine rings is 1. The molecule has 1 aliphatic heterocycles. The average Bonchev–Trinajstić information content (AvgIpc) is 2.59. The Morgan fingerprint density at radius 1 is 1.25 bits per heavy atom. The van der Waals surface area contributed by atoms with E-state index in [1.807, 2.05) is 13.0 Å². The van der Waals surface area contributed by atoms with Crippen molar-refractivity contribution >= 4 is 23.3 Å². The third kappa shape index (κ3) is 3.67. The van der Waals surface area contributed by atoms with Crippen molar-refractivity contribution in [1.29, 1.82) is 0 Å². The Hall–Kier alpha value is -2.14. The summed E-state index contributed by atoms with van der Waals surface area (Å²) in [4.78, 5) is 18.7. The fraction of sp³-hybridized carbons (Fsp3) is 0.333. The summed E-state index contributed by atoms with van der Waals surface area (Å²) >= 11 is 6.34. The lowest BCUT2D eigenvalue weighted by Gasteiger charge is -2.33. The molecule has 1 aromatic heterocycles. The quantitative estimate of drug-likeness (QED) is 0.923. The van der Waals surface area contributed by atoms with Gasteiger partial charge < -0.3 is 10.2 Å². The van der Waals surface area contributed by atoms with Crippen LogP contribution in [0.2, 0.25) is 5.02 Å². The van der Waals surface area contributed by atoms with E-state index in [2.05, 4.69) is 15.2 Å². The zero-order chi connectivity index (χ0) is 17.1. The molecule has 0 aliphatic carbocycles. The van der Waals surface area contributed by atoms with Gasteiger partial charge in [-0.1, -0.05) is 11.6 Å². The van der Waals surface area contributed by atoms with E-state index in [0.29, 0.717) is 10.6 Å². The van der Waals surface area contributed by atoms with E-state index in [-0.39, 0.29) is 17.8 Å². The summed E-state index contributed by atoms with van der Waals surface area (Å²) in [5.41, 5.74) is 1.48. The zero-order valence-electron chi connectivity index (χ0n) is 13.4. The maximum absolute atomic E-state index is 12.9. The van der Waals surface area contributed by atoms with E-state index >= 15 is 0 Å². The Bertz CT molecular complexity index is 728. The predicted molar refractivity (Wildman–Crippen MR) is 93.1 cm³/mol. The first kappa shape index (κ1) is 16.7. The second-order valence-electron chi connectivity index (χ2n) is 6.01. The molecule has 0 bridgehead atoms. The van der Waals surface area contributed by atoms with Gasteiger partial charge in [-0.25, -0.2) is 9.37 Å². The summed E-state index contributed by atoms with van der Waals surface area (Å²) in [6.45, 7) is 3.53. The predicted octanol–water partition coefficient (Wildman–Crippen LogP) is 3.58. The van der Waals surface area contributed by atoms with Crippen molar-refractivity contribution in [3.63, 3.8) is 0 Å². The van der Waals surface area contributed by atoms with E-state index in [4.69, 9.17) is 11.6 Å². The molecule has 3 rings (SSSR count). The van der Waals surface area contributed by atoms with Crippen LogP contribution < -0.4 is 10.2 Å². The fourth-order valence-corrected chi connectivity index (χ4v) is 3.08. The number of aryl methyl sites for hydroxylation is 1. The molecule has 1 aliphatic rings. The summed E-state index contributed by atoms with van der Waals surface area (Å²) in [7, 11) is 0. The van der Waals surface area contributed by atoms with Crippen LogP contribution in [-0.4, -0.2) is 30.0 Å². The number of hydrogen-bond donors (Lipinski definition) is 1. The maximum Gasteiger partial charge on any atom is 0.251 e. The third-order valence-electron chi connectivity index (χ3n) is 4.30. The highest BCUT2D eigenvalue weighted by molar-refractivity contribution is 6.33. The average molecular weight is 348 g/mol. The number of rotatable bonds is 3. The number of halogens is 2. The minimum Gasteiger partial charge on any atom is -0.355 e. The number of nitrogens with one attached hydrogen (secondary N) is 1. The number of carbonyl (C=O) groups is 1. The monoisotopic (exact) mass is 347 g/mol. The van der Waals surface area contributed by atoms with Crippen LogP contribution in [-0.2, 0) is 0 Å². The van der Waals surface area contributed by atoms with Gasteiger partial charge in [-0.2, -0.15) is 0 Å². The van der Waals surface area contributed by atoms with Crippen molar-refractivity contribution in [2.45, 2.75) is 25.8 Å². The highest BCUT2D eigenvalue weighted by Crippen LogP contribution is 2.28. The molecule has 1 saturated heterocycles. The van der Waals surface area contributed by atoms with Gasteiger partial charge >= 0.3 is 0 Å². The minimum atomic E-state index is -0.345. The second kappa shape index (κ2) is 7.18. The summed E-state index contributed by atoms with van der Waals surface area (Å²) in [5, 5.41) is 3.70. The molecule has 126 valence electrons. The lowest BCUT2D eigenvalue weighted by molar-refractivity contribution is 0.0931. The topological polar surface area (TPSA) is 45.2 Å². The number of aromatic nitrogens is 1. The standard InChI is InChI=1S/C18H19ClFN3O/c1-12-6-9-21-17(16(12)19)23-10-7-15(8-11-23)22-18(24)13-2-4-14(20)5-3-13/h2-6,9,15H,7-8,10-11H2,1H3,(H,22,24). The first-order valence-corrected chi connectivity index (χ1v) is 8.35. The van der Waals surface area contributed by atoms with Gasteiger partial charge in [0.05, 0.1) is 5.02 Å². The van der Waals surface area contributed by atoms with Crippen molar-refractivity contribution in [3.05, 3.63) is 58.5 Å². The molecule has 0 unspecified atom stereocenters. The van der Waals surface area contributed by atoms with Gasteiger partial charge in [-0.05, 0) is 55.7 Å². The zero-order valence-corrected chi connectivity index (χ0v) is 14.2. The van der Waals surface area contributed by atoms with Crippen LogP contribution in [0.15, 0.2) is 36.5 Å². The van der Waals surface area contributed by atoms with Crippen LogP contribution in [0.5, 0.6) is 0 Å². The van der Waals surface area contributed by atoms with Gasteiger partial charge in [0.15, 0.2) is 0 Å². The van der Waals surface area contributed by atoms with Gasteiger partial charge in [-0.15, -0.1) is 0 Å². The smallest absolute Gasteiger partial charge is 0.251 e. The first-order chi connectivity index (χ1) is 11.5. The molecule has 0 atom stereocenters. The van der Waals surface area contributed by atoms with Crippen molar-refractivity contribution in [2.24, 2.45) is 0 Å². The SMILES string of the molecule is Cc1ccnc(N2CCC(NC(=O)c3ccc(F)cc3)CC2)c1Cl. The normalized spacial score (nSPS) is 15.4. The lowest BCUT2D eigenvalue weighted by atomic mass is 10.0. The van der Waals surface area contributed by atoms with Crippen LogP contribution in [0, 0.1) is 12.7 Å². The Morgan fingerprint density at radius 2 is 1.92 bits per heavy atom. The molecule has 2 aromatic rings. The Labute approximate surface area is 145 Å². The molecule has 0 saturated carbocycles. The van der Waals surface area contributed by atoms with Crippen molar-refractivity contribution in [3.8, 4) is 0 Å². The number of benzene rings is 1. The van der Waals surface area contributed by atoms with Crippen LogP contribution in [0.1, 0.15) is 28.8 Å². The Kier molecular flexibility index (Phi) is 5.00. The van der Waals surface area contributed by atoms with E-state index in [1.165, 1.54) is 24.3 Å². The number of anilines is 1. The van der Waals surface area contributed by atoms with Gasteiger partial charge in [0, 0.05) is 30.9 Å². The molecule has 6 heteroatoms. The Balaban J connectivity index is 1.58. The van der Waals surface area contributed by atoms with Gasteiger partial charge in [-0.3, -0.25) is 4.79 Å². The van der Waals surface area contributed by atoms with Crippen LogP contribution >= 0.6 is 11.6 Å². The molecule has 4 nitrogen and oxygen atoms in total. The summed E-state index contributed by atoms with van der Waals surface area (Å²) in [5.74, 6) is 0.294. The van der Waals surface area contributed by atoms with Crippen molar-refractivity contribution < 1.29 is 9.18 Å². The minimum absolute atomic E-state index is 0.0994. The summed E-state index contributed by atoms with van der Waals surface area (Å²) < 4.78 is 12.9.